The Labute approximate surface area is 105 Å². The first-order valence-corrected chi connectivity index (χ1v) is 6.29. The molecule has 0 aliphatic rings. The molecule has 0 amide bonds. The predicted molar refractivity (Wildman–Crippen MR) is 74.1 cm³/mol. The van der Waals surface area contributed by atoms with Crippen molar-refractivity contribution >= 4 is 0 Å². The van der Waals surface area contributed by atoms with Gasteiger partial charge in [-0.2, -0.15) is 0 Å². The molecule has 1 heteroatoms. The Balaban J connectivity index is 2.77. The Bertz CT molecular complexity index is 368. The quantitative estimate of drug-likeness (QED) is 0.764. The first-order chi connectivity index (χ1) is 7.84. The summed E-state index contributed by atoms with van der Waals surface area (Å²) in [6.45, 7) is 12.6. The highest BCUT2D eigenvalue weighted by molar-refractivity contribution is 5.29. The number of hydrogen-bond donors (Lipinski definition) is 1. The van der Waals surface area contributed by atoms with Crippen LogP contribution in [0.1, 0.15) is 57.8 Å². The first-order valence-electron chi connectivity index (χ1n) is 6.29. The van der Waals surface area contributed by atoms with Crippen LogP contribution in [-0.4, -0.2) is 5.11 Å². The molecule has 17 heavy (non-hydrogen) atoms. The third kappa shape index (κ3) is 4.01. The summed E-state index contributed by atoms with van der Waals surface area (Å²) in [4.78, 5) is 0. The SMILES string of the molecule is C=C(CC)CC(O)c1ccc(C(C)(C)C)cc1. The highest BCUT2D eigenvalue weighted by atomic mass is 16.3. The van der Waals surface area contributed by atoms with Gasteiger partial charge in [-0.3, -0.25) is 0 Å². The van der Waals surface area contributed by atoms with Gasteiger partial charge in [0.2, 0.25) is 0 Å². The molecule has 0 aliphatic heterocycles. The van der Waals surface area contributed by atoms with Crippen LogP contribution in [0.4, 0.5) is 0 Å². The number of rotatable bonds is 4. The maximum atomic E-state index is 10.1. The Morgan fingerprint density at radius 1 is 1.24 bits per heavy atom. The molecule has 1 N–H and O–H groups in total. The minimum absolute atomic E-state index is 0.163. The number of benzene rings is 1. The zero-order chi connectivity index (χ0) is 13.1. The molecule has 0 bridgehead atoms. The lowest BCUT2D eigenvalue weighted by molar-refractivity contribution is 0.177. The van der Waals surface area contributed by atoms with Gasteiger partial charge in [0.15, 0.2) is 0 Å². The average molecular weight is 232 g/mol. The van der Waals surface area contributed by atoms with Crippen LogP contribution >= 0.6 is 0 Å². The van der Waals surface area contributed by atoms with E-state index in [1.165, 1.54) is 5.56 Å². The third-order valence-corrected chi connectivity index (χ3v) is 3.14. The maximum Gasteiger partial charge on any atom is 0.0827 e. The predicted octanol–water partition coefficient (Wildman–Crippen LogP) is 4.37. The fourth-order valence-electron chi connectivity index (χ4n) is 1.74. The molecule has 1 unspecified atom stereocenters. The molecular formula is C16H24O. The highest BCUT2D eigenvalue weighted by Gasteiger charge is 2.14. The molecule has 1 aromatic rings. The van der Waals surface area contributed by atoms with Crippen LogP contribution in [0.2, 0.25) is 0 Å². The van der Waals surface area contributed by atoms with Crippen LogP contribution in [-0.2, 0) is 5.41 Å². The monoisotopic (exact) mass is 232 g/mol. The highest BCUT2D eigenvalue weighted by Crippen LogP contribution is 2.26. The van der Waals surface area contributed by atoms with Crippen molar-refractivity contribution in [2.24, 2.45) is 0 Å². The second kappa shape index (κ2) is 5.50. The molecular weight excluding hydrogens is 208 g/mol. The van der Waals surface area contributed by atoms with Crippen molar-refractivity contribution in [1.82, 2.24) is 0 Å². The molecule has 0 aliphatic carbocycles. The van der Waals surface area contributed by atoms with Gasteiger partial charge in [-0.1, -0.05) is 64.1 Å². The second-order valence-corrected chi connectivity index (χ2v) is 5.70. The van der Waals surface area contributed by atoms with Crippen molar-refractivity contribution in [2.45, 2.75) is 52.1 Å². The maximum absolute atomic E-state index is 10.1. The zero-order valence-electron chi connectivity index (χ0n) is 11.5. The topological polar surface area (TPSA) is 20.2 Å². The van der Waals surface area contributed by atoms with Crippen LogP contribution in [0.15, 0.2) is 36.4 Å². The lowest BCUT2D eigenvalue weighted by Gasteiger charge is -2.20. The van der Waals surface area contributed by atoms with Crippen molar-refractivity contribution in [3.05, 3.63) is 47.5 Å². The molecule has 1 aromatic carbocycles. The smallest absolute Gasteiger partial charge is 0.0827 e. The molecule has 0 spiro atoms. The van der Waals surface area contributed by atoms with E-state index < -0.39 is 6.10 Å². The summed E-state index contributed by atoms with van der Waals surface area (Å²) in [5.41, 5.74) is 3.53. The molecule has 0 aromatic heterocycles. The van der Waals surface area contributed by atoms with E-state index in [0.717, 1.165) is 17.6 Å². The fraction of sp³-hybridized carbons (Fsp3) is 0.500. The van der Waals surface area contributed by atoms with Gasteiger partial charge >= 0.3 is 0 Å². The summed E-state index contributed by atoms with van der Waals surface area (Å²) >= 11 is 0. The summed E-state index contributed by atoms with van der Waals surface area (Å²) in [6.07, 6.45) is 1.17. The average Bonchev–Trinajstić information content (AvgIpc) is 2.27. The van der Waals surface area contributed by atoms with Gasteiger partial charge in [0.25, 0.3) is 0 Å². The van der Waals surface area contributed by atoms with E-state index in [9.17, 15) is 5.11 Å². The Hall–Kier alpha value is -1.08. The molecule has 0 radical (unpaired) electrons. The van der Waals surface area contributed by atoms with Gasteiger partial charge in [0.1, 0.15) is 0 Å². The molecule has 0 saturated carbocycles. The Morgan fingerprint density at radius 2 is 1.76 bits per heavy atom. The zero-order valence-corrected chi connectivity index (χ0v) is 11.5. The van der Waals surface area contributed by atoms with E-state index in [0.29, 0.717) is 6.42 Å². The van der Waals surface area contributed by atoms with Gasteiger partial charge in [-0.05, 0) is 29.4 Å². The van der Waals surface area contributed by atoms with E-state index in [-0.39, 0.29) is 5.41 Å². The van der Waals surface area contributed by atoms with Crippen molar-refractivity contribution in [3.63, 3.8) is 0 Å². The lowest BCUT2D eigenvalue weighted by Crippen LogP contribution is -2.11. The van der Waals surface area contributed by atoms with Crippen molar-refractivity contribution < 1.29 is 5.11 Å². The van der Waals surface area contributed by atoms with Crippen molar-refractivity contribution in [2.75, 3.05) is 0 Å². The number of hydrogen-bond acceptors (Lipinski definition) is 1. The second-order valence-electron chi connectivity index (χ2n) is 5.70. The largest absolute Gasteiger partial charge is 0.388 e. The molecule has 0 saturated heterocycles. The molecule has 1 rings (SSSR count). The Kier molecular flexibility index (Phi) is 4.53. The van der Waals surface area contributed by atoms with Gasteiger partial charge < -0.3 is 5.11 Å². The molecule has 1 nitrogen and oxygen atoms in total. The van der Waals surface area contributed by atoms with Crippen molar-refractivity contribution in [1.29, 1.82) is 0 Å². The fourth-order valence-corrected chi connectivity index (χ4v) is 1.74. The van der Waals surface area contributed by atoms with E-state index in [2.05, 4.69) is 46.4 Å². The first kappa shape index (κ1) is 14.0. The van der Waals surface area contributed by atoms with Crippen LogP contribution < -0.4 is 0 Å². The summed E-state index contributed by atoms with van der Waals surface area (Å²) in [5.74, 6) is 0. The van der Waals surface area contributed by atoms with E-state index >= 15 is 0 Å². The van der Waals surface area contributed by atoms with Gasteiger partial charge in [0, 0.05) is 0 Å². The summed E-state index contributed by atoms with van der Waals surface area (Å²) in [7, 11) is 0. The minimum Gasteiger partial charge on any atom is -0.388 e. The van der Waals surface area contributed by atoms with E-state index in [1.54, 1.807) is 0 Å². The molecule has 0 heterocycles. The van der Waals surface area contributed by atoms with Gasteiger partial charge in [-0.15, -0.1) is 0 Å². The van der Waals surface area contributed by atoms with Crippen molar-refractivity contribution in [3.8, 4) is 0 Å². The summed E-state index contributed by atoms with van der Waals surface area (Å²) in [6, 6.07) is 8.25. The van der Waals surface area contributed by atoms with E-state index in [1.807, 2.05) is 12.1 Å². The lowest BCUT2D eigenvalue weighted by atomic mass is 9.86. The van der Waals surface area contributed by atoms with Crippen LogP contribution in [0.3, 0.4) is 0 Å². The molecule has 0 fully saturated rings. The number of aliphatic hydroxyl groups is 1. The third-order valence-electron chi connectivity index (χ3n) is 3.14. The van der Waals surface area contributed by atoms with Gasteiger partial charge in [-0.25, -0.2) is 0 Å². The van der Waals surface area contributed by atoms with E-state index in [4.69, 9.17) is 0 Å². The Morgan fingerprint density at radius 3 is 2.18 bits per heavy atom. The molecule has 1 atom stereocenters. The van der Waals surface area contributed by atoms with Crippen LogP contribution in [0.5, 0.6) is 0 Å². The van der Waals surface area contributed by atoms with Crippen LogP contribution in [0.25, 0.3) is 0 Å². The summed E-state index contributed by atoms with van der Waals surface area (Å²) < 4.78 is 0. The number of aliphatic hydroxyl groups excluding tert-OH is 1. The molecule has 94 valence electrons. The standard InChI is InChI=1S/C16H24O/c1-6-12(2)11-15(17)13-7-9-14(10-8-13)16(3,4)5/h7-10,15,17H,2,6,11H2,1,3-5H3. The summed E-state index contributed by atoms with van der Waals surface area (Å²) in [5, 5.41) is 10.1. The van der Waals surface area contributed by atoms with Crippen LogP contribution in [0, 0.1) is 0 Å². The minimum atomic E-state index is -0.420. The normalized spacial score (nSPS) is 13.5. The van der Waals surface area contributed by atoms with Gasteiger partial charge in [0.05, 0.1) is 6.10 Å².